The molecule has 0 aliphatic heterocycles. The van der Waals surface area contributed by atoms with Gasteiger partial charge in [0, 0.05) is 0 Å². The van der Waals surface area contributed by atoms with Gasteiger partial charge in [-0.3, -0.25) is 9.59 Å². The van der Waals surface area contributed by atoms with Gasteiger partial charge in [-0.05, 0) is 12.2 Å². The Kier molecular flexibility index (Phi) is 1.03. The molecule has 0 saturated carbocycles. The molecule has 54 valence electrons. The van der Waals surface area contributed by atoms with E-state index in [9.17, 15) is 9.59 Å². The molecular formula is C7H3NO3. The SMILES string of the molecule is O=C1C=CC(=O)c2ocnc21. The first-order valence-electron chi connectivity index (χ1n) is 2.99. The molecule has 0 spiro atoms. The quantitative estimate of drug-likeness (QED) is 0.542. The number of allylic oxidation sites excluding steroid dienone is 2. The molecule has 4 nitrogen and oxygen atoms in total. The minimum atomic E-state index is -0.308. The number of carbonyl (C=O) groups is 2. The minimum Gasteiger partial charge on any atom is -0.439 e. The summed E-state index contributed by atoms with van der Waals surface area (Å²) in [6, 6.07) is 0. The summed E-state index contributed by atoms with van der Waals surface area (Å²) in [6.45, 7) is 0. The van der Waals surface area contributed by atoms with Crippen LogP contribution in [0.1, 0.15) is 21.0 Å². The molecule has 0 bridgehead atoms. The second-order valence-electron chi connectivity index (χ2n) is 2.09. The second-order valence-corrected chi connectivity index (χ2v) is 2.09. The number of carbonyl (C=O) groups excluding carboxylic acids is 2. The van der Waals surface area contributed by atoms with E-state index in [1.54, 1.807) is 0 Å². The highest BCUT2D eigenvalue weighted by molar-refractivity contribution is 6.19. The van der Waals surface area contributed by atoms with Crippen LogP contribution < -0.4 is 0 Å². The molecule has 1 aliphatic rings. The van der Waals surface area contributed by atoms with E-state index >= 15 is 0 Å². The normalized spacial score (nSPS) is 15.3. The van der Waals surface area contributed by atoms with E-state index in [0.717, 1.165) is 6.39 Å². The number of hydrogen-bond donors (Lipinski definition) is 0. The van der Waals surface area contributed by atoms with Gasteiger partial charge in [-0.1, -0.05) is 0 Å². The smallest absolute Gasteiger partial charge is 0.223 e. The van der Waals surface area contributed by atoms with Crippen LogP contribution in [-0.4, -0.2) is 16.6 Å². The average molecular weight is 149 g/mol. The maximum atomic E-state index is 10.9. The lowest BCUT2D eigenvalue weighted by Crippen LogP contribution is -2.09. The summed E-state index contributed by atoms with van der Waals surface area (Å²) in [5.74, 6) is -0.553. The van der Waals surface area contributed by atoms with Gasteiger partial charge in [0.15, 0.2) is 12.1 Å². The van der Waals surface area contributed by atoms with E-state index in [0.29, 0.717) is 0 Å². The summed E-state index contributed by atoms with van der Waals surface area (Å²) in [6.07, 6.45) is 3.45. The largest absolute Gasteiger partial charge is 0.439 e. The van der Waals surface area contributed by atoms with Crippen LogP contribution in [0.3, 0.4) is 0 Å². The van der Waals surface area contributed by atoms with Gasteiger partial charge in [-0.25, -0.2) is 4.98 Å². The number of rotatable bonds is 0. The van der Waals surface area contributed by atoms with Crippen LogP contribution in [0, 0.1) is 0 Å². The highest BCUT2D eigenvalue weighted by atomic mass is 16.3. The standard InChI is InChI=1S/C7H3NO3/c9-4-1-2-5(10)7-6(4)8-3-11-7/h1-3H. The Balaban J connectivity index is 2.68. The fourth-order valence-electron chi connectivity index (χ4n) is 0.902. The van der Waals surface area contributed by atoms with Gasteiger partial charge in [0.1, 0.15) is 0 Å². The van der Waals surface area contributed by atoms with Gasteiger partial charge < -0.3 is 4.42 Å². The summed E-state index contributed by atoms with van der Waals surface area (Å²) >= 11 is 0. The van der Waals surface area contributed by atoms with Crippen molar-refractivity contribution in [1.82, 2.24) is 4.98 Å². The monoisotopic (exact) mass is 149 g/mol. The Labute approximate surface area is 61.5 Å². The van der Waals surface area contributed by atoms with Crippen LogP contribution in [-0.2, 0) is 0 Å². The minimum absolute atomic E-state index is 0.0394. The molecule has 1 heterocycles. The van der Waals surface area contributed by atoms with E-state index in [2.05, 4.69) is 4.98 Å². The number of fused-ring (bicyclic) bond motifs is 1. The van der Waals surface area contributed by atoms with Crippen LogP contribution in [0.15, 0.2) is 23.0 Å². The third-order valence-electron chi connectivity index (χ3n) is 1.41. The van der Waals surface area contributed by atoms with Crippen molar-refractivity contribution in [2.24, 2.45) is 0 Å². The van der Waals surface area contributed by atoms with Crippen LogP contribution in [0.2, 0.25) is 0 Å². The maximum Gasteiger partial charge on any atom is 0.223 e. The van der Waals surface area contributed by atoms with Crippen molar-refractivity contribution in [1.29, 1.82) is 0 Å². The number of hydrogen-bond acceptors (Lipinski definition) is 4. The van der Waals surface area contributed by atoms with Gasteiger partial charge in [0.2, 0.25) is 17.3 Å². The van der Waals surface area contributed by atoms with E-state index in [4.69, 9.17) is 4.42 Å². The van der Waals surface area contributed by atoms with Crippen LogP contribution >= 0.6 is 0 Å². The van der Waals surface area contributed by atoms with Crippen LogP contribution in [0.5, 0.6) is 0 Å². The van der Waals surface area contributed by atoms with Gasteiger partial charge in [-0.15, -0.1) is 0 Å². The van der Waals surface area contributed by atoms with Crippen LogP contribution in [0.4, 0.5) is 0 Å². The zero-order valence-corrected chi connectivity index (χ0v) is 5.40. The predicted octanol–water partition coefficient (Wildman–Crippen LogP) is 0.610. The van der Waals surface area contributed by atoms with Crippen molar-refractivity contribution in [3.05, 3.63) is 30.0 Å². The van der Waals surface area contributed by atoms with E-state index in [1.165, 1.54) is 12.2 Å². The highest BCUT2D eigenvalue weighted by Gasteiger charge is 2.23. The zero-order valence-electron chi connectivity index (χ0n) is 5.40. The first kappa shape index (κ1) is 6.03. The topological polar surface area (TPSA) is 60.2 Å². The summed E-state index contributed by atoms with van der Waals surface area (Å²) in [5, 5.41) is 0. The lowest BCUT2D eigenvalue weighted by Gasteiger charge is -1.96. The number of ketones is 2. The number of nitrogens with zero attached hydrogens (tertiary/aromatic N) is 1. The summed E-state index contributed by atoms with van der Waals surface area (Å²) < 4.78 is 4.71. The van der Waals surface area contributed by atoms with Gasteiger partial charge in [-0.2, -0.15) is 0 Å². The van der Waals surface area contributed by atoms with Crippen molar-refractivity contribution >= 4 is 11.6 Å². The van der Waals surface area contributed by atoms with Crippen molar-refractivity contribution < 1.29 is 14.0 Å². The molecular weight excluding hydrogens is 146 g/mol. The summed E-state index contributed by atoms with van der Waals surface area (Å²) in [7, 11) is 0. The molecule has 11 heavy (non-hydrogen) atoms. The van der Waals surface area contributed by atoms with Crippen molar-refractivity contribution in [3.63, 3.8) is 0 Å². The Morgan fingerprint density at radius 3 is 2.64 bits per heavy atom. The fourth-order valence-corrected chi connectivity index (χ4v) is 0.902. The lowest BCUT2D eigenvalue weighted by molar-refractivity contribution is 0.0974. The Morgan fingerprint density at radius 2 is 1.91 bits per heavy atom. The van der Waals surface area contributed by atoms with Gasteiger partial charge >= 0.3 is 0 Å². The third-order valence-corrected chi connectivity index (χ3v) is 1.41. The molecule has 0 N–H and O–H groups in total. The molecule has 1 aromatic rings. The van der Waals surface area contributed by atoms with Crippen molar-refractivity contribution in [2.75, 3.05) is 0 Å². The first-order valence-corrected chi connectivity index (χ1v) is 2.99. The van der Waals surface area contributed by atoms with E-state index < -0.39 is 0 Å². The summed E-state index contributed by atoms with van der Waals surface area (Å²) in [4.78, 5) is 25.4. The number of oxazole rings is 1. The first-order chi connectivity index (χ1) is 5.29. The Bertz CT molecular complexity index is 329. The number of aromatic nitrogens is 1. The van der Waals surface area contributed by atoms with Crippen molar-refractivity contribution in [2.45, 2.75) is 0 Å². The molecule has 0 fully saturated rings. The molecule has 0 aromatic carbocycles. The average Bonchev–Trinajstić information content (AvgIpc) is 2.45. The van der Waals surface area contributed by atoms with Gasteiger partial charge in [0.05, 0.1) is 0 Å². The Morgan fingerprint density at radius 1 is 1.18 bits per heavy atom. The maximum absolute atomic E-state index is 10.9. The molecule has 1 aromatic heterocycles. The lowest BCUT2D eigenvalue weighted by atomic mass is 10.1. The molecule has 0 saturated heterocycles. The fraction of sp³-hybridized carbons (Fsp3) is 0. The molecule has 4 heteroatoms. The highest BCUT2D eigenvalue weighted by Crippen LogP contribution is 2.13. The van der Waals surface area contributed by atoms with Gasteiger partial charge in [0.25, 0.3) is 0 Å². The molecule has 0 radical (unpaired) electrons. The molecule has 0 atom stereocenters. The molecule has 2 rings (SSSR count). The van der Waals surface area contributed by atoms with Crippen LogP contribution in [0.25, 0.3) is 0 Å². The predicted molar refractivity (Wildman–Crippen MR) is 34.3 cm³/mol. The zero-order chi connectivity index (χ0) is 7.84. The third kappa shape index (κ3) is 0.724. The molecule has 1 aliphatic carbocycles. The van der Waals surface area contributed by atoms with E-state index in [1.807, 2.05) is 0 Å². The molecule has 0 unspecified atom stereocenters. The van der Waals surface area contributed by atoms with Crippen molar-refractivity contribution in [3.8, 4) is 0 Å². The Hall–Kier alpha value is -1.71. The van der Waals surface area contributed by atoms with E-state index in [-0.39, 0.29) is 23.0 Å². The molecule has 0 amide bonds. The second kappa shape index (κ2) is 1.88. The summed E-state index contributed by atoms with van der Waals surface area (Å²) in [5.41, 5.74) is 0.109.